The molecule has 0 aromatic heterocycles. The molecular formula is C35H45NO7. The maximum Gasteiger partial charge on any atom is 0.329 e. The molecule has 1 unspecified atom stereocenters. The van der Waals surface area contributed by atoms with E-state index < -0.39 is 36.5 Å². The van der Waals surface area contributed by atoms with E-state index in [2.05, 4.69) is 66.9 Å². The standard InChI is InChI=1S/C35H45NO7/c1-4-5-6-7-8-9-10-11-12-13-14-15-16-17-18-19-20-21-22-23-33(38)42-27-31(35(40)41)36-34(39)30-25-24-28(2)26-32(30)43-29(3)37/h5-6,8-9,11-12,14-15,17-18,20-21,24-26,31H,4,7,10,13,16,19,22-23,27H2,1-3H3,(H,36,39)(H,40,41)/b6-5-,9-8-,12-11-,15-14-,18-17-,21-20-. The van der Waals surface area contributed by atoms with E-state index in [-0.39, 0.29) is 17.7 Å². The van der Waals surface area contributed by atoms with Crippen LogP contribution in [0.5, 0.6) is 5.75 Å². The molecule has 0 aliphatic heterocycles. The Morgan fingerprint density at radius 1 is 0.814 bits per heavy atom. The number of esters is 2. The first-order valence-electron chi connectivity index (χ1n) is 14.6. The fourth-order valence-corrected chi connectivity index (χ4v) is 3.56. The lowest BCUT2D eigenvalue weighted by atomic mass is 10.1. The second-order valence-electron chi connectivity index (χ2n) is 9.59. The Balaban J connectivity index is 2.29. The molecule has 0 heterocycles. The minimum Gasteiger partial charge on any atom is -0.480 e. The second kappa shape index (κ2) is 23.1. The average molecular weight is 592 g/mol. The number of aryl methyl sites for hydroxylation is 1. The number of hydrogen-bond acceptors (Lipinski definition) is 6. The number of aliphatic carboxylic acids is 1. The predicted octanol–water partition coefficient (Wildman–Crippen LogP) is 7.12. The number of nitrogens with one attached hydrogen (secondary N) is 1. The number of carbonyl (C=O) groups excluding carboxylic acids is 3. The lowest BCUT2D eigenvalue weighted by Crippen LogP contribution is -2.44. The highest BCUT2D eigenvalue weighted by molar-refractivity contribution is 5.99. The zero-order valence-electron chi connectivity index (χ0n) is 25.5. The van der Waals surface area contributed by atoms with Crippen molar-refractivity contribution in [2.24, 2.45) is 0 Å². The van der Waals surface area contributed by atoms with Crippen LogP contribution in [0.15, 0.2) is 91.1 Å². The van der Waals surface area contributed by atoms with E-state index in [1.807, 2.05) is 18.2 Å². The third kappa shape index (κ3) is 18.6. The van der Waals surface area contributed by atoms with Crippen molar-refractivity contribution < 1.29 is 33.8 Å². The van der Waals surface area contributed by atoms with Crippen LogP contribution in [0.3, 0.4) is 0 Å². The maximum absolute atomic E-state index is 12.6. The highest BCUT2D eigenvalue weighted by Gasteiger charge is 2.24. The van der Waals surface area contributed by atoms with Gasteiger partial charge in [0.2, 0.25) is 0 Å². The molecule has 8 heteroatoms. The normalized spacial score (nSPS) is 12.7. The fourth-order valence-electron chi connectivity index (χ4n) is 3.56. The highest BCUT2D eigenvalue weighted by atomic mass is 16.5. The number of hydrogen-bond donors (Lipinski definition) is 2. The zero-order chi connectivity index (χ0) is 31.7. The molecule has 1 atom stereocenters. The Labute approximate surface area is 255 Å². The van der Waals surface area contributed by atoms with Gasteiger partial charge < -0.3 is 19.9 Å². The van der Waals surface area contributed by atoms with Crippen molar-refractivity contribution in [3.63, 3.8) is 0 Å². The quantitative estimate of drug-likeness (QED) is 0.0941. The van der Waals surface area contributed by atoms with Gasteiger partial charge in [-0.25, -0.2) is 4.79 Å². The highest BCUT2D eigenvalue weighted by Crippen LogP contribution is 2.21. The van der Waals surface area contributed by atoms with Crippen molar-refractivity contribution in [3.8, 4) is 5.75 Å². The summed E-state index contributed by atoms with van der Waals surface area (Å²) in [5.41, 5.74) is 0.749. The Bertz CT molecular complexity index is 1200. The van der Waals surface area contributed by atoms with Crippen LogP contribution in [-0.4, -0.2) is 41.6 Å². The van der Waals surface area contributed by atoms with Gasteiger partial charge in [0, 0.05) is 13.3 Å². The molecular weight excluding hydrogens is 546 g/mol. The smallest absolute Gasteiger partial charge is 0.329 e. The molecule has 0 radical (unpaired) electrons. The van der Waals surface area contributed by atoms with Gasteiger partial charge >= 0.3 is 17.9 Å². The summed E-state index contributed by atoms with van der Waals surface area (Å²) in [5.74, 6) is -3.30. The number of carboxylic acid groups (broad SMARTS) is 1. The number of ether oxygens (including phenoxy) is 2. The van der Waals surface area contributed by atoms with Gasteiger partial charge in [-0.15, -0.1) is 0 Å². The SMILES string of the molecule is CC/C=C\C/C=C\C/C=C\C/C=C\C/C=C\C/C=C\CCC(=O)OCC(NC(=O)c1ccc(C)cc1OC(C)=O)C(=O)O. The fraction of sp³-hybridized carbons (Fsp3) is 0.371. The van der Waals surface area contributed by atoms with Crippen LogP contribution in [0, 0.1) is 6.92 Å². The average Bonchev–Trinajstić information content (AvgIpc) is 2.96. The van der Waals surface area contributed by atoms with E-state index in [1.165, 1.54) is 19.1 Å². The van der Waals surface area contributed by atoms with Crippen molar-refractivity contribution in [1.82, 2.24) is 5.32 Å². The topological polar surface area (TPSA) is 119 Å². The number of benzene rings is 1. The van der Waals surface area contributed by atoms with Crippen molar-refractivity contribution in [3.05, 3.63) is 102 Å². The molecule has 0 fully saturated rings. The Morgan fingerprint density at radius 3 is 1.81 bits per heavy atom. The van der Waals surface area contributed by atoms with Crippen LogP contribution in [0.4, 0.5) is 0 Å². The van der Waals surface area contributed by atoms with E-state index in [0.717, 1.165) is 44.1 Å². The molecule has 1 aromatic rings. The summed E-state index contributed by atoms with van der Waals surface area (Å²) in [7, 11) is 0. The Hall–Kier alpha value is -4.46. The molecule has 1 aromatic carbocycles. The van der Waals surface area contributed by atoms with Crippen LogP contribution >= 0.6 is 0 Å². The van der Waals surface area contributed by atoms with Gasteiger partial charge in [0.25, 0.3) is 5.91 Å². The van der Waals surface area contributed by atoms with Crippen LogP contribution in [-0.2, 0) is 19.1 Å². The van der Waals surface area contributed by atoms with Gasteiger partial charge in [0.05, 0.1) is 5.56 Å². The van der Waals surface area contributed by atoms with Crippen molar-refractivity contribution in [2.75, 3.05) is 6.61 Å². The van der Waals surface area contributed by atoms with E-state index in [1.54, 1.807) is 13.0 Å². The summed E-state index contributed by atoms with van der Waals surface area (Å²) in [6, 6.07) is 3.10. The summed E-state index contributed by atoms with van der Waals surface area (Å²) >= 11 is 0. The van der Waals surface area contributed by atoms with Crippen LogP contribution in [0.2, 0.25) is 0 Å². The van der Waals surface area contributed by atoms with Crippen LogP contribution in [0.1, 0.15) is 81.1 Å². The Morgan fingerprint density at radius 2 is 1.33 bits per heavy atom. The summed E-state index contributed by atoms with van der Waals surface area (Å²) in [5, 5.41) is 11.8. The summed E-state index contributed by atoms with van der Waals surface area (Å²) in [6.45, 7) is 4.56. The molecule has 1 rings (SSSR count). The first kappa shape index (κ1) is 36.6. The molecule has 8 nitrogen and oxygen atoms in total. The first-order chi connectivity index (χ1) is 20.7. The molecule has 0 aliphatic rings. The number of amides is 1. The third-order valence-electron chi connectivity index (χ3n) is 5.76. The number of rotatable bonds is 20. The molecule has 0 saturated carbocycles. The Kier molecular flexibility index (Phi) is 19.7. The number of allylic oxidation sites excluding steroid dienone is 12. The van der Waals surface area contributed by atoms with Crippen molar-refractivity contribution in [2.45, 2.75) is 78.2 Å². The van der Waals surface area contributed by atoms with Crippen LogP contribution in [0.25, 0.3) is 0 Å². The van der Waals surface area contributed by atoms with E-state index in [9.17, 15) is 24.3 Å². The monoisotopic (exact) mass is 591 g/mol. The van der Waals surface area contributed by atoms with Crippen molar-refractivity contribution >= 4 is 23.8 Å². The van der Waals surface area contributed by atoms with Gasteiger partial charge in [-0.05, 0) is 69.6 Å². The summed E-state index contributed by atoms with van der Waals surface area (Å²) in [6.07, 6.45) is 31.3. The van der Waals surface area contributed by atoms with Gasteiger partial charge in [-0.3, -0.25) is 14.4 Å². The van der Waals surface area contributed by atoms with Crippen molar-refractivity contribution in [1.29, 1.82) is 0 Å². The molecule has 1 amide bonds. The predicted molar refractivity (Wildman–Crippen MR) is 170 cm³/mol. The molecule has 2 N–H and O–H groups in total. The molecule has 0 spiro atoms. The van der Waals surface area contributed by atoms with Gasteiger partial charge in [0.15, 0.2) is 6.04 Å². The maximum atomic E-state index is 12.6. The number of carbonyl (C=O) groups is 4. The van der Waals surface area contributed by atoms with Gasteiger partial charge in [0.1, 0.15) is 12.4 Å². The lowest BCUT2D eigenvalue weighted by molar-refractivity contribution is -0.148. The number of carboxylic acids is 1. The molecule has 0 aliphatic carbocycles. The minimum atomic E-state index is -1.46. The zero-order valence-corrected chi connectivity index (χ0v) is 25.5. The second-order valence-corrected chi connectivity index (χ2v) is 9.59. The molecule has 0 bridgehead atoms. The molecule has 43 heavy (non-hydrogen) atoms. The van der Waals surface area contributed by atoms with E-state index in [4.69, 9.17) is 9.47 Å². The van der Waals surface area contributed by atoms with E-state index >= 15 is 0 Å². The largest absolute Gasteiger partial charge is 0.480 e. The third-order valence-corrected chi connectivity index (χ3v) is 5.76. The molecule has 0 saturated heterocycles. The summed E-state index contributed by atoms with van der Waals surface area (Å²) < 4.78 is 10.1. The lowest BCUT2D eigenvalue weighted by Gasteiger charge is -2.16. The van der Waals surface area contributed by atoms with Gasteiger partial charge in [-0.1, -0.05) is 85.9 Å². The van der Waals surface area contributed by atoms with Gasteiger partial charge in [-0.2, -0.15) is 0 Å². The van der Waals surface area contributed by atoms with Crippen LogP contribution < -0.4 is 10.1 Å². The first-order valence-corrected chi connectivity index (χ1v) is 14.6. The van der Waals surface area contributed by atoms with E-state index in [0.29, 0.717) is 6.42 Å². The minimum absolute atomic E-state index is 0.00368. The molecule has 232 valence electrons. The summed E-state index contributed by atoms with van der Waals surface area (Å²) in [4.78, 5) is 47.7.